The number of amides is 3. The largest absolute Gasteiger partial charge is 0.322 e. The predicted molar refractivity (Wildman–Crippen MR) is 130 cm³/mol. The second kappa shape index (κ2) is 9.69. The topological polar surface area (TPSA) is 83.4 Å². The van der Waals surface area contributed by atoms with Gasteiger partial charge in [-0.15, -0.1) is 0 Å². The minimum Gasteiger partial charge on any atom is -0.322 e. The van der Waals surface area contributed by atoms with E-state index in [4.69, 9.17) is 11.6 Å². The van der Waals surface area contributed by atoms with Gasteiger partial charge in [0.05, 0.1) is 11.4 Å². The third kappa shape index (κ3) is 4.97. The van der Waals surface area contributed by atoms with Gasteiger partial charge in [0.1, 0.15) is 11.9 Å². The third-order valence-corrected chi connectivity index (χ3v) is 6.04. The average molecular weight is 483 g/mol. The maximum atomic E-state index is 14.9. The summed E-state index contributed by atoms with van der Waals surface area (Å²) in [5, 5.41) is 5.91. The van der Waals surface area contributed by atoms with Crippen molar-refractivity contribution in [1.82, 2.24) is 9.47 Å². The number of nitrogens with zero attached hydrogens (tertiary/aromatic N) is 2. The molecular formula is C25H24ClFN4O3. The number of likely N-dealkylation sites (tertiary alicyclic amines) is 1. The van der Waals surface area contributed by atoms with E-state index in [0.717, 1.165) is 0 Å². The SMILES string of the molecule is Cc1cccc(=O)n1-c1ccc(NC(=O)[C@H]2C[C@@H](C)CN2C(=O)Nc2ccc(Cl)cc2)c(F)c1. The molecule has 0 bridgehead atoms. The monoisotopic (exact) mass is 482 g/mol. The molecule has 0 aliphatic carbocycles. The summed E-state index contributed by atoms with van der Waals surface area (Å²) < 4.78 is 16.3. The molecule has 2 heterocycles. The van der Waals surface area contributed by atoms with Crippen molar-refractivity contribution in [3.8, 4) is 5.69 Å². The molecule has 2 aromatic carbocycles. The normalized spacial score (nSPS) is 17.5. The van der Waals surface area contributed by atoms with E-state index in [2.05, 4.69) is 10.6 Å². The molecule has 2 atom stereocenters. The van der Waals surface area contributed by atoms with E-state index in [1.54, 1.807) is 49.4 Å². The van der Waals surface area contributed by atoms with E-state index >= 15 is 0 Å². The molecule has 1 fully saturated rings. The second-order valence-electron chi connectivity index (χ2n) is 8.44. The van der Waals surface area contributed by atoms with Crippen LogP contribution in [0.5, 0.6) is 0 Å². The first-order chi connectivity index (χ1) is 16.2. The highest BCUT2D eigenvalue weighted by molar-refractivity contribution is 6.30. The van der Waals surface area contributed by atoms with Crippen molar-refractivity contribution in [2.24, 2.45) is 5.92 Å². The molecule has 0 unspecified atom stereocenters. The van der Waals surface area contributed by atoms with Gasteiger partial charge >= 0.3 is 6.03 Å². The smallest absolute Gasteiger partial charge is 0.322 e. The van der Waals surface area contributed by atoms with E-state index < -0.39 is 23.8 Å². The summed E-state index contributed by atoms with van der Waals surface area (Å²) in [5.41, 5.74) is 1.27. The number of aromatic nitrogens is 1. The highest BCUT2D eigenvalue weighted by Gasteiger charge is 2.38. The van der Waals surface area contributed by atoms with E-state index in [0.29, 0.717) is 35.1 Å². The van der Waals surface area contributed by atoms with Crippen LogP contribution in [0.2, 0.25) is 5.02 Å². The minimum absolute atomic E-state index is 0.0204. The zero-order valence-corrected chi connectivity index (χ0v) is 19.5. The Bertz CT molecular complexity index is 1290. The number of aryl methyl sites for hydroxylation is 1. The van der Waals surface area contributed by atoms with Crippen LogP contribution in [0.3, 0.4) is 0 Å². The number of carbonyl (C=O) groups is 2. The van der Waals surface area contributed by atoms with Crippen LogP contribution in [0.15, 0.2) is 65.5 Å². The van der Waals surface area contributed by atoms with Gasteiger partial charge in [-0.3, -0.25) is 14.2 Å². The Morgan fingerprint density at radius 2 is 1.79 bits per heavy atom. The fourth-order valence-corrected chi connectivity index (χ4v) is 4.26. The first kappa shape index (κ1) is 23.5. The molecule has 4 rings (SSSR count). The van der Waals surface area contributed by atoms with E-state index in [1.807, 2.05) is 6.92 Å². The third-order valence-electron chi connectivity index (χ3n) is 5.79. The number of hydrogen-bond acceptors (Lipinski definition) is 3. The van der Waals surface area contributed by atoms with E-state index in [1.165, 1.54) is 27.7 Å². The fraction of sp³-hybridized carbons (Fsp3) is 0.240. The maximum Gasteiger partial charge on any atom is 0.322 e. The number of nitrogens with one attached hydrogen (secondary N) is 2. The van der Waals surface area contributed by atoms with Crippen molar-refractivity contribution in [2.75, 3.05) is 17.2 Å². The van der Waals surface area contributed by atoms with Crippen LogP contribution in [0.4, 0.5) is 20.6 Å². The Hall–Kier alpha value is -3.65. The predicted octanol–water partition coefficient (Wildman–Crippen LogP) is 4.82. The number of carbonyl (C=O) groups excluding carboxylic acids is 2. The highest BCUT2D eigenvalue weighted by atomic mass is 35.5. The van der Waals surface area contributed by atoms with Gasteiger partial charge in [0.2, 0.25) is 5.91 Å². The maximum absolute atomic E-state index is 14.9. The van der Waals surface area contributed by atoms with Gasteiger partial charge in [0.25, 0.3) is 5.56 Å². The molecular weight excluding hydrogens is 459 g/mol. The number of halogens is 2. The van der Waals surface area contributed by atoms with Gasteiger partial charge in [-0.05, 0) is 61.7 Å². The molecule has 2 N–H and O–H groups in total. The molecule has 0 saturated carbocycles. The van der Waals surface area contributed by atoms with Crippen molar-refractivity contribution in [3.05, 3.63) is 87.6 Å². The molecule has 176 valence electrons. The molecule has 3 aromatic rings. The van der Waals surface area contributed by atoms with Gasteiger partial charge in [-0.1, -0.05) is 24.6 Å². The lowest BCUT2D eigenvalue weighted by Crippen LogP contribution is -2.45. The molecule has 34 heavy (non-hydrogen) atoms. The zero-order chi connectivity index (χ0) is 24.4. The summed E-state index contributed by atoms with van der Waals surface area (Å²) in [6.07, 6.45) is 0.457. The molecule has 3 amide bonds. The van der Waals surface area contributed by atoms with Crippen LogP contribution >= 0.6 is 11.6 Å². The van der Waals surface area contributed by atoms with Gasteiger partial charge < -0.3 is 15.5 Å². The van der Waals surface area contributed by atoms with Gasteiger partial charge in [0, 0.05) is 35.1 Å². The lowest BCUT2D eigenvalue weighted by molar-refractivity contribution is -0.119. The average Bonchev–Trinajstić information content (AvgIpc) is 3.19. The van der Waals surface area contributed by atoms with Crippen molar-refractivity contribution in [1.29, 1.82) is 0 Å². The molecule has 9 heteroatoms. The first-order valence-corrected chi connectivity index (χ1v) is 11.2. The summed E-state index contributed by atoms with van der Waals surface area (Å²) in [6.45, 7) is 4.10. The Morgan fingerprint density at radius 1 is 1.06 bits per heavy atom. The Balaban J connectivity index is 1.50. The number of pyridine rings is 1. The Kier molecular flexibility index (Phi) is 6.70. The van der Waals surface area contributed by atoms with Crippen molar-refractivity contribution >= 4 is 34.9 Å². The second-order valence-corrected chi connectivity index (χ2v) is 8.88. The van der Waals surface area contributed by atoms with Crippen molar-refractivity contribution < 1.29 is 14.0 Å². The van der Waals surface area contributed by atoms with Crippen LogP contribution < -0.4 is 16.2 Å². The highest BCUT2D eigenvalue weighted by Crippen LogP contribution is 2.26. The standard InChI is InChI=1S/C25H24ClFN4O3/c1-15-12-22(30(14-15)25(34)28-18-8-6-17(26)7-9-18)24(33)29-21-11-10-19(13-20(21)27)31-16(2)4-3-5-23(31)32/h3-11,13,15,22H,12,14H2,1-2H3,(H,28,34)(H,29,33)/t15-,22-/m1/s1. The summed E-state index contributed by atoms with van der Waals surface area (Å²) in [5.74, 6) is -1.05. The lowest BCUT2D eigenvalue weighted by Gasteiger charge is -2.24. The molecule has 1 saturated heterocycles. The number of urea groups is 1. The number of rotatable bonds is 4. The molecule has 1 aromatic heterocycles. The van der Waals surface area contributed by atoms with Crippen LogP contribution in [0, 0.1) is 18.7 Å². The summed E-state index contributed by atoms with van der Waals surface area (Å²) >= 11 is 5.89. The Morgan fingerprint density at radius 3 is 2.47 bits per heavy atom. The van der Waals surface area contributed by atoms with Gasteiger partial charge in [0.15, 0.2) is 0 Å². The molecule has 1 aliphatic heterocycles. The summed E-state index contributed by atoms with van der Waals surface area (Å²) in [7, 11) is 0. The first-order valence-electron chi connectivity index (χ1n) is 10.9. The van der Waals surface area contributed by atoms with Crippen LogP contribution in [-0.2, 0) is 4.79 Å². The van der Waals surface area contributed by atoms with E-state index in [9.17, 15) is 18.8 Å². The molecule has 0 radical (unpaired) electrons. The van der Waals surface area contributed by atoms with Crippen LogP contribution in [0.25, 0.3) is 5.69 Å². The van der Waals surface area contributed by atoms with Gasteiger partial charge in [-0.25, -0.2) is 9.18 Å². The van der Waals surface area contributed by atoms with E-state index in [-0.39, 0.29) is 17.2 Å². The Labute approximate surface area is 201 Å². The minimum atomic E-state index is -0.750. The summed E-state index contributed by atoms with van der Waals surface area (Å²) in [6, 6.07) is 14.5. The summed E-state index contributed by atoms with van der Waals surface area (Å²) in [4.78, 5) is 39.5. The molecule has 0 spiro atoms. The number of hydrogen-bond donors (Lipinski definition) is 2. The fourth-order valence-electron chi connectivity index (χ4n) is 4.13. The molecule has 7 nitrogen and oxygen atoms in total. The van der Waals surface area contributed by atoms with Gasteiger partial charge in [-0.2, -0.15) is 0 Å². The van der Waals surface area contributed by atoms with Crippen LogP contribution in [0.1, 0.15) is 19.0 Å². The molecule has 1 aliphatic rings. The van der Waals surface area contributed by atoms with Crippen LogP contribution in [-0.4, -0.2) is 34.0 Å². The number of anilines is 2. The zero-order valence-electron chi connectivity index (χ0n) is 18.7. The number of benzene rings is 2. The van der Waals surface area contributed by atoms with Crippen molar-refractivity contribution in [3.63, 3.8) is 0 Å². The van der Waals surface area contributed by atoms with Crippen molar-refractivity contribution in [2.45, 2.75) is 26.3 Å². The lowest BCUT2D eigenvalue weighted by atomic mass is 10.1. The quantitative estimate of drug-likeness (QED) is 0.559.